The summed E-state index contributed by atoms with van der Waals surface area (Å²) in [5.74, 6) is 0.848. The molecule has 0 N–H and O–H groups in total. The minimum absolute atomic E-state index is 0.0477. The standard InChI is InChI=1S/C22H24N2O5S2/c1-23(31(26,27)17-7-8-18(28-2)19(14-17)29-3)16-6-9-20-15(12-16)13-21(30-20)22(25)24-10-4-5-11-24/h6-9,12-14H,4-5,10-11H2,1-3H3. The molecule has 1 aromatic heterocycles. The summed E-state index contributed by atoms with van der Waals surface area (Å²) < 4.78 is 39.0. The van der Waals surface area contributed by atoms with Gasteiger partial charge in [-0.1, -0.05) is 0 Å². The van der Waals surface area contributed by atoms with Gasteiger partial charge >= 0.3 is 0 Å². The van der Waals surface area contributed by atoms with Crippen molar-refractivity contribution in [2.45, 2.75) is 17.7 Å². The molecule has 9 heteroatoms. The van der Waals surface area contributed by atoms with Crippen LogP contribution in [0.15, 0.2) is 47.4 Å². The number of benzene rings is 2. The molecule has 1 saturated heterocycles. The predicted octanol–water partition coefficient (Wildman–Crippen LogP) is 3.98. The van der Waals surface area contributed by atoms with Crippen molar-refractivity contribution in [2.75, 3.05) is 38.7 Å². The zero-order chi connectivity index (χ0) is 22.2. The first-order valence-corrected chi connectivity index (χ1v) is 12.1. The summed E-state index contributed by atoms with van der Waals surface area (Å²) >= 11 is 1.44. The molecule has 3 aromatic rings. The third-order valence-corrected chi connectivity index (χ3v) is 8.37. The molecule has 1 fully saturated rings. The van der Waals surface area contributed by atoms with Crippen LogP contribution in [-0.2, 0) is 10.0 Å². The summed E-state index contributed by atoms with van der Waals surface area (Å²) in [5.41, 5.74) is 0.514. The van der Waals surface area contributed by atoms with Crippen LogP contribution in [0.25, 0.3) is 10.1 Å². The van der Waals surface area contributed by atoms with E-state index in [1.54, 1.807) is 18.2 Å². The van der Waals surface area contributed by atoms with Crippen LogP contribution in [0.4, 0.5) is 5.69 Å². The normalized spacial score (nSPS) is 14.1. The van der Waals surface area contributed by atoms with Crippen LogP contribution in [0.5, 0.6) is 11.5 Å². The van der Waals surface area contributed by atoms with E-state index in [0.717, 1.165) is 36.0 Å². The van der Waals surface area contributed by atoms with E-state index in [9.17, 15) is 13.2 Å². The molecule has 0 atom stereocenters. The third kappa shape index (κ3) is 3.95. The largest absolute Gasteiger partial charge is 0.493 e. The van der Waals surface area contributed by atoms with E-state index in [4.69, 9.17) is 9.47 Å². The lowest BCUT2D eigenvalue weighted by Gasteiger charge is -2.20. The monoisotopic (exact) mass is 460 g/mol. The third-order valence-electron chi connectivity index (χ3n) is 5.48. The van der Waals surface area contributed by atoms with Crippen molar-refractivity contribution in [1.82, 2.24) is 4.90 Å². The Balaban J connectivity index is 1.65. The second kappa shape index (κ2) is 8.39. The van der Waals surface area contributed by atoms with Crippen LogP contribution in [-0.4, -0.2) is 53.6 Å². The Morgan fingerprint density at radius 3 is 2.39 bits per heavy atom. The number of thiophene rings is 1. The van der Waals surface area contributed by atoms with Gasteiger partial charge in [0.15, 0.2) is 11.5 Å². The number of hydrogen-bond donors (Lipinski definition) is 0. The fourth-order valence-corrected chi connectivity index (χ4v) is 5.90. The van der Waals surface area contributed by atoms with Crippen LogP contribution >= 0.6 is 11.3 Å². The van der Waals surface area contributed by atoms with Gasteiger partial charge < -0.3 is 14.4 Å². The molecule has 0 radical (unpaired) electrons. The van der Waals surface area contributed by atoms with Gasteiger partial charge in [-0.2, -0.15) is 0 Å². The van der Waals surface area contributed by atoms with Gasteiger partial charge in [0.1, 0.15) is 0 Å². The maximum Gasteiger partial charge on any atom is 0.264 e. The molecule has 2 heterocycles. The van der Waals surface area contributed by atoms with E-state index >= 15 is 0 Å². The number of rotatable bonds is 6. The van der Waals surface area contributed by atoms with Crippen molar-refractivity contribution < 1.29 is 22.7 Å². The minimum Gasteiger partial charge on any atom is -0.493 e. The molecule has 164 valence electrons. The Morgan fingerprint density at radius 2 is 1.71 bits per heavy atom. The number of carbonyl (C=O) groups excluding carboxylic acids is 1. The molecule has 0 unspecified atom stereocenters. The van der Waals surface area contributed by atoms with Crippen LogP contribution in [0.3, 0.4) is 0 Å². The highest BCUT2D eigenvalue weighted by Gasteiger charge is 2.25. The number of hydrogen-bond acceptors (Lipinski definition) is 6. The number of likely N-dealkylation sites (tertiary alicyclic amines) is 1. The topological polar surface area (TPSA) is 76.2 Å². The molecule has 0 bridgehead atoms. The van der Waals surface area contributed by atoms with Crippen molar-refractivity contribution in [3.05, 3.63) is 47.3 Å². The minimum atomic E-state index is -3.81. The van der Waals surface area contributed by atoms with Gasteiger partial charge in [0, 0.05) is 30.9 Å². The molecular formula is C22H24N2O5S2. The summed E-state index contributed by atoms with van der Waals surface area (Å²) in [5, 5.41) is 0.847. The SMILES string of the molecule is COc1ccc(S(=O)(=O)N(C)c2ccc3sc(C(=O)N4CCCC4)cc3c2)cc1OC. The maximum atomic E-state index is 13.2. The number of sulfonamides is 1. The summed E-state index contributed by atoms with van der Waals surface area (Å²) in [6.45, 7) is 1.59. The fraction of sp³-hybridized carbons (Fsp3) is 0.318. The van der Waals surface area contributed by atoms with E-state index in [2.05, 4.69) is 0 Å². The lowest BCUT2D eigenvalue weighted by Crippen LogP contribution is -2.26. The molecule has 31 heavy (non-hydrogen) atoms. The molecule has 1 amide bonds. The van der Waals surface area contributed by atoms with Crippen molar-refractivity contribution in [3.8, 4) is 11.5 Å². The zero-order valence-electron chi connectivity index (χ0n) is 17.6. The van der Waals surface area contributed by atoms with Crippen molar-refractivity contribution >= 4 is 43.0 Å². The number of anilines is 1. The zero-order valence-corrected chi connectivity index (χ0v) is 19.3. The highest BCUT2D eigenvalue weighted by molar-refractivity contribution is 7.92. The first-order chi connectivity index (χ1) is 14.8. The summed E-state index contributed by atoms with van der Waals surface area (Å²) in [4.78, 5) is 15.4. The van der Waals surface area contributed by atoms with E-state index in [0.29, 0.717) is 22.1 Å². The van der Waals surface area contributed by atoms with Crippen LogP contribution in [0.1, 0.15) is 22.5 Å². The van der Waals surface area contributed by atoms with E-state index < -0.39 is 10.0 Å². The molecule has 2 aromatic carbocycles. The van der Waals surface area contributed by atoms with Crippen LogP contribution in [0.2, 0.25) is 0 Å². The molecule has 0 aliphatic carbocycles. The Bertz CT molecular complexity index is 1230. The van der Waals surface area contributed by atoms with Crippen molar-refractivity contribution in [3.63, 3.8) is 0 Å². The van der Waals surface area contributed by atoms with Crippen LogP contribution < -0.4 is 13.8 Å². The number of methoxy groups -OCH3 is 2. The smallest absolute Gasteiger partial charge is 0.264 e. The second-order valence-corrected chi connectivity index (χ2v) is 10.4. The molecule has 0 saturated carbocycles. The van der Waals surface area contributed by atoms with Gasteiger partial charge in [0.05, 0.1) is 29.7 Å². The van der Waals surface area contributed by atoms with E-state index in [1.807, 2.05) is 17.0 Å². The van der Waals surface area contributed by atoms with Crippen molar-refractivity contribution in [1.29, 1.82) is 0 Å². The summed E-state index contributed by atoms with van der Waals surface area (Å²) in [7, 11) is 0.654. The number of amides is 1. The number of fused-ring (bicyclic) bond motifs is 1. The Labute approximate surface area is 185 Å². The number of carbonyl (C=O) groups is 1. The maximum absolute atomic E-state index is 13.2. The first kappa shape index (κ1) is 21.5. The van der Waals surface area contributed by atoms with Gasteiger partial charge in [0.2, 0.25) is 0 Å². The highest BCUT2D eigenvalue weighted by Crippen LogP contribution is 2.34. The molecule has 4 rings (SSSR count). The summed E-state index contributed by atoms with van der Waals surface area (Å²) in [6, 6.07) is 11.8. The highest BCUT2D eigenvalue weighted by atomic mass is 32.2. The van der Waals surface area contributed by atoms with E-state index in [-0.39, 0.29) is 10.8 Å². The van der Waals surface area contributed by atoms with Gasteiger partial charge in [-0.25, -0.2) is 8.42 Å². The average molecular weight is 461 g/mol. The molecular weight excluding hydrogens is 436 g/mol. The van der Waals surface area contributed by atoms with E-state index in [1.165, 1.54) is 49.0 Å². The van der Waals surface area contributed by atoms with Gasteiger partial charge in [-0.15, -0.1) is 11.3 Å². The molecule has 1 aliphatic heterocycles. The van der Waals surface area contributed by atoms with Gasteiger partial charge in [-0.05, 0) is 54.6 Å². The lowest BCUT2D eigenvalue weighted by molar-refractivity contribution is 0.0797. The van der Waals surface area contributed by atoms with Crippen molar-refractivity contribution in [2.24, 2.45) is 0 Å². The number of nitrogens with zero attached hydrogens (tertiary/aromatic N) is 2. The van der Waals surface area contributed by atoms with Gasteiger partial charge in [0.25, 0.3) is 15.9 Å². The number of ether oxygens (including phenoxy) is 2. The average Bonchev–Trinajstić information content (AvgIpc) is 3.47. The quantitative estimate of drug-likeness (QED) is 0.556. The predicted molar refractivity (Wildman–Crippen MR) is 122 cm³/mol. The fourth-order valence-electron chi connectivity index (χ4n) is 3.68. The second-order valence-electron chi connectivity index (χ2n) is 7.32. The van der Waals surface area contributed by atoms with Gasteiger partial charge in [-0.3, -0.25) is 9.10 Å². The molecule has 0 spiro atoms. The first-order valence-electron chi connectivity index (χ1n) is 9.89. The lowest BCUT2D eigenvalue weighted by atomic mass is 10.2. The Kier molecular flexibility index (Phi) is 5.81. The summed E-state index contributed by atoms with van der Waals surface area (Å²) in [6.07, 6.45) is 2.08. The van der Waals surface area contributed by atoms with Crippen LogP contribution in [0, 0.1) is 0 Å². The molecule has 1 aliphatic rings. The molecule has 7 nitrogen and oxygen atoms in total. The Morgan fingerprint density at radius 1 is 1.00 bits per heavy atom. The Hall–Kier alpha value is -2.78.